The summed E-state index contributed by atoms with van der Waals surface area (Å²) in [5, 5.41) is 3.60. The second kappa shape index (κ2) is 4.67. The smallest absolute Gasteiger partial charge is 0.124 e. The number of hydrogen-bond donors (Lipinski definition) is 1. The fourth-order valence-electron chi connectivity index (χ4n) is 2.09. The summed E-state index contributed by atoms with van der Waals surface area (Å²) >= 11 is 0. The highest BCUT2D eigenvalue weighted by Crippen LogP contribution is 2.30. The zero-order valence-corrected chi connectivity index (χ0v) is 9.49. The van der Waals surface area contributed by atoms with Crippen LogP contribution in [0.2, 0.25) is 0 Å². The predicted octanol–water partition coefficient (Wildman–Crippen LogP) is 2.76. The summed E-state index contributed by atoms with van der Waals surface area (Å²) in [6.45, 7) is 6.35. The van der Waals surface area contributed by atoms with Gasteiger partial charge in [-0.2, -0.15) is 0 Å². The highest BCUT2D eigenvalue weighted by atomic mass is 16.5. The van der Waals surface area contributed by atoms with E-state index in [9.17, 15) is 0 Å². The van der Waals surface area contributed by atoms with E-state index >= 15 is 0 Å². The van der Waals surface area contributed by atoms with Crippen molar-refractivity contribution in [2.45, 2.75) is 26.3 Å². The Morgan fingerprint density at radius 3 is 2.93 bits per heavy atom. The van der Waals surface area contributed by atoms with Crippen LogP contribution >= 0.6 is 0 Å². The van der Waals surface area contributed by atoms with Crippen LogP contribution < -0.4 is 10.1 Å². The fourth-order valence-corrected chi connectivity index (χ4v) is 2.09. The van der Waals surface area contributed by atoms with Crippen LogP contribution in [-0.2, 0) is 0 Å². The third-order valence-corrected chi connectivity index (χ3v) is 2.86. The van der Waals surface area contributed by atoms with E-state index < -0.39 is 0 Å². The first-order valence-corrected chi connectivity index (χ1v) is 5.74. The Morgan fingerprint density at radius 2 is 2.13 bits per heavy atom. The topological polar surface area (TPSA) is 21.3 Å². The van der Waals surface area contributed by atoms with Gasteiger partial charge in [0.15, 0.2) is 0 Å². The van der Waals surface area contributed by atoms with Crippen molar-refractivity contribution in [2.75, 3.05) is 13.2 Å². The molecule has 1 aromatic rings. The van der Waals surface area contributed by atoms with Gasteiger partial charge in [0.25, 0.3) is 0 Å². The monoisotopic (exact) mass is 205 g/mol. The lowest BCUT2D eigenvalue weighted by atomic mass is 9.94. The minimum Gasteiger partial charge on any atom is -0.493 e. The van der Waals surface area contributed by atoms with Gasteiger partial charge in [0, 0.05) is 11.6 Å². The molecular formula is C13H19NO. The highest BCUT2D eigenvalue weighted by Gasteiger charge is 2.20. The molecule has 1 heterocycles. The predicted molar refractivity (Wildman–Crippen MR) is 62.1 cm³/mol. The number of ether oxygens (including phenoxy) is 1. The average Bonchev–Trinajstić information content (AvgIpc) is 2.18. The molecule has 0 amide bonds. The number of benzene rings is 1. The molecule has 0 radical (unpaired) electrons. The Hall–Kier alpha value is -1.02. The van der Waals surface area contributed by atoms with Gasteiger partial charge in [-0.15, -0.1) is 0 Å². The third-order valence-electron chi connectivity index (χ3n) is 2.86. The van der Waals surface area contributed by atoms with Crippen LogP contribution in [0, 0.1) is 5.92 Å². The Kier molecular flexibility index (Phi) is 3.27. The second-order valence-corrected chi connectivity index (χ2v) is 4.42. The lowest BCUT2D eigenvalue weighted by molar-refractivity contribution is 0.272. The van der Waals surface area contributed by atoms with Crippen LogP contribution in [0.4, 0.5) is 0 Å². The van der Waals surface area contributed by atoms with Crippen LogP contribution in [0.15, 0.2) is 24.3 Å². The lowest BCUT2D eigenvalue weighted by Gasteiger charge is -2.27. The molecule has 1 atom stereocenters. The molecule has 0 saturated heterocycles. The van der Waals surface area contributed by atoms with Gasteiger partial charge in [0.1, 0.15) is 5.75 Å². The molecular weight excluding hydrogens is 186 g/mol. The first-order chi connectivity index (χ1) is 7.29. The molecule has 1 N–H and O–H groups in total. The van der Waals surface area contributed by atoms with Crippen molar-refractivity contribution >= 4 is 0 Å². The summed E-state index contributed by atoms with van der Waals surface area (Å²) in [5.74, 6) is 1.64. The number of hydrogen-bond acceptors (Lipinski definition) is 2. The maximum Gasteiger partial charge on any atom is 0.124 e. The van der Waals surface area contributed by atoms with Gasteiger partial charge in [-0.1, -0.05) is 32.0 Å². The van der Waals surface area contributed by atoms with E-state index in [0.717, 1.165) is 25.3 Å². The van der Waals surface area contributed by atoms with E-state index in [4.69, 9.17) is 4.74 Å². The number of nitrogens with one attached hydrogen (secondary N) is 1. The first-order valence-electron chi connectivity index (χ1n) is 5.74. The molecule has 0 spiro atoms. The normalized spacial score (nSPS) is 21.4. The maximum atomic E-state index is 5.77. The molecule has 1 unspecified atom stereocenters. The van der Waals surface area contributed by atoms with Gasteiger partial charge in [-0.25, -0.2) is 0 Å². The first kappa shape index (κ1) is 10.5. The van der Waals surface area contributed by atoms with Gasteiger partial charge in [-0.05, 0) is 24.9 Å². The van der Waals surface area contributed by atoms with Crippen LogP contribution in [0.25, 0.3) is 0 Å². The molecule has 0 aliphatic carbocycles. The molecule has 1 aromatic carbocycles. The molecule has 1 aliphatic heterocycles. The Balaban J connectivity index is 2.34. The molecule has 2 rings (SSSR count). The number of para-hydroxylation sites is 1. The van der Waals surface area contributed by atoms with E-state index in [1.165, 1.54) is 5.56 Å². The summed E-state index contributed by atoms with van der Waals surface area (Å²) in [6, 6.07) is 8.77. The van der Waals surface area contributed by atoms with Crippen LogP contribution in [0.3, 0.4) is 0 Å². The van der Waals surface area contributed by atoms with Crippen molar-refractivity contribution in [3.63, 3.8) is 0 Å². The van der Waals surface area contributed by atoms with E-state index in [1.807, 2.05) is 6.07 Å². The van der Waals surface area contributed by atoms with Crippen LogP contribution in [0.1, 0.15) is 31.9 Å². The van der Waals surface area contributed by atoms with Crippen molar-refractivity contribution in [3.8, 4) is 5.75 Å². The summed E-state index contributed by atoms with van der Waals surface area (Å²) in [5.41, 5.74) is 1.30. The summed E-state index contributed by atoms with van der Waals surface area (Å²) < 4.78 is 5.77. The van der Waals surface area contributed by atoms with Gasteiger partial charge in [0.05, 0.1) is 6.61 Å². The Morgan fingerprint density at radius 1 is 1.33 bits per heavy atom. The van der Waals surface area contributed by atoms with Crippen molar-refractivity contribution in [1.82, 2.24) is 5.32 Å². The molecule has 0 bridgehead atoms. The Bertz CT molecular complexity index is 322. The molecule has 0 aromatic heterocycles. The van der Waals surface area contributed by atoms with Crippen molar-refractivity contribution < 1.29 is 4.74 Å². The molecule has 0 fully saturated rings. The largest absolute Gasteiger partial charge is 0.493 e. The molecule has 2 heteroatoms. The Labute approximate surface area is 91.6 Å². The number of rotatable bonds is 1. The van der Waals surface area contributed by atoms with E-state index in [-0.39, 0.29) is 0 Å². The lowest BCUT2D eigenvalue weighted by Crippen LogP contribution is -2.30. The van der Waals surface area contributed by atoms with Gasteiger partial charge in [-0.3, -0.25) is 0 Å². The SMILES string of the molecule is CC(C)C1NCCCOc2ccccc21. The molecule has 2 nitrogen and oxygen atoms in total. The second-order valence-electron chi connectivity index (χ2n) is 4.42. The third kappa shape index (κ3) is 2.32. The highest BCUT2D eigenvalue weighted by molar-refractivity contribution is 5.36. The molecule has 82 valence electrons. The van der Waals surface area contributed by atoms with Gasteiger partial charge < -0.3 is 10.1 Å². The minimum absolute atomic E-state index is 0.418. The summed E-state index contributed by atoms with van der Waals surface area (Å²) in [7, 11) is 0. The van der Waals surface area contributed by atoms with Crippen molar-refractivity contribution in [1.29, 1.82) is 0 Å². The average molecular weight is 205 g/mol. The quantitative estimate of drug-likeness (QED) is 0.761. The van der Waals surface area contributed by atoms with Crippen LogP contribution in [0.5, 0.6) is 5.75 Å². The van der Waals surface area contributed by atoms with E-state index in [1.54, 1.807) is 0 Å². The fraction of sp³-hybridized carbons (Fsp3) is 0.538. The maximum absolute atomic E-state index is 5.77. The van der Waals surface area contributed by atoms with Gasteiger partial charge >= 0.3 is 0 Å². The zero-order valence-electron chi connectivity index (χ0n) is 9.49. The van der Waals surface area contributed by atoms with Crippen molar-refractivity contribution in [2.24, 2.45) is 5.92 Å². The van der Waals surface area contributed by atoms with Gasteiger partial charge in [0.2, 0.25) is 0 Å². The number of fused-ring (bicyclic) bond motifs is 1. The molecule has 15 heavy (non-hydrogen) atoms. The minimum atomic E-state index is 0.418. The molecule has 0 saturated carbocycles. The summed E-state index contributed by atoms with van der Waals surface area (Å²) in [6.07, 6.45) is 1.08. The van der Waals surface area contributed by atoms with E-state index in [0.29, 0.717) is 12.0 Å². The zero-order chi connectivity index (χ0) is 10.7. The van der Waals surface area contributed by atoms with E-state index in [2.05, 4.69) is 37.4 Å². The standard InChI is InChI=1S/C13H19NO/c1-10(2)13-11-6-3-4-7-12(11)15-9-5-8-14-13/h3-4,6-7,10,13-14H,5,8-9H2,1-2H3. The van der Waals surface area contributed by atoms with Crippen LogP contribution in [-0.4, -0.2) is 13.2 Å². The molecule has 1 aliphatic rings. The summed E-state index contributed by atoms with van der Waals surface area (Å²) in [4.78, 5) is 0. The van der Waals surface area contributed by atoms with Crippen molar-refractivity contribution in [3.05, 3.63) is 29.8 Å².